The number of hydrogen-bond acceptors (Lipinski definition) is 6. The van der Waals surface area contributed by atoms with Gasteiger partial charge in [0.05, 0.1) is 24.0 Å². The van der Waals surface area contributed by atoms with Crippen molar-refractivity contribution >= 4 is 29.0 Å². The largest absolute Gasteiger partial charge is 0.497 e. The summed E-state index contributed by atoms with van der Waals surface area (Å²) < 4.78 is 5.16. The van der Waals surface area contributed by atoms with Gasteiger partial charge in [-0.05, 0) is 25.0 Å². The molecule has 1 amide bonds. The highest BCUT2D eigenvalue weighted by Gasteiger charge is 2.25. The molecule has 3 rings (SSSR count). The highest BCUT2D eigenvalue weighted by atomic mass is 35.5. The van der Waals surface area contributed by atoms with Crippen LogP contribution in [0.15, 0.2) is 36.8 Å². The highest BCUT2D eigenvalue weighted by molar-refractivity contribution is 6.33. The van der Waals surface area contributed by atoms with Gasteiger partial charge in [0.15, 0.2) is 0 Å². The lowest BCUT2D eigenvalue weighted by atomic mass is 9.96. The van der Waals surface area contributed by atoms with Crippen molar-refractivity contribution in [3.05, 3.63) is 41.8 Å². The van der Waals surface area contributed by atoms with Crippen molar-refractivity contribution < 1.29 is 9.53 Å². The lowest BCUT2D eigenvalue weighted by Crippen LogP contribution is -2.42. The van der Waals surface area contributed by atoms with E-state index in [2.05, 4.69) is 25.7 Å². The fourth-order valence-electron chi connectivity index (χ4n) is 2.78. The number of anilines is 2. The van der Waals surface area contributed by atoms with Crippen LogP contribution in [-0.2, 0) is 4.79 Å². The predicted octanol–water partition coefficient (Wildman–Crippen LogP) is 2.50. The van der Waals surface area contributed by atoms with Crippen LogP contribution in [0.1, 0.15) is 12.8 Å². The maximum Gasteiger partial charge on any atom is 0.241 e. The minimum absolute atomic E-state index is 0.0438. The Kier molecular flexibility index (Phi) is 5.55. The smallest absolute Gasteiger partial charge is 0.241 e. The van der Waals surface area contributed by atoms with Crippen molar-refractivity contribution in [1.29, 1.82) is 0 Å². The zero-order valence-corrected chi connectivity index (χ0v) is 14.7. The number of nitrogens with zero attached hydrogens (tertiary/aromatic N) is 3. The second-order valence-electron chi connectivity index (χ2n) is 5.78. The fraction of sp³-hybridized carbons (Fsp3) is 0.353. The van der Waals surface area contributed by atoms with Gasteiger partial charge < -0.3 is 9.64 Å². The molecular weight excluding hydrogens is 342 g/mol. The van der Waals surface area contributed by atoms with Crippen molar-refractivity contribution in [3.63, 3.8) is 0 Å². The Morgan fingerprint density at radius 3 is 2.80 bits per heavy atom. The standard InChI is InChI=1S/C17H20ClN5O2/c1-25-13-2-3-14(18)15(10-13)21-22-17(24)12-4-8-23(9-5-12)16-11-19-6-7-20-16/h2-3,6-7,10-12,21H,4-5,8-9H2,1H3,(H,22,24). The molecular formula is C17H20ClN5O2. The molecule has 1 aliphatic heterocycles. The Balaban J connectivity index is 1.52. The van der Waals surface area contributed by atoms with Gasteiger partial charge in [-0.1, -0.05) is 11.6 Å². The molecule has 0 unspecified atom stereocenters. The van der Waals surface area contributed by atoms with E-state index in [-0.39, 0.29) is 11.8 Å². The van der Waals surface area contributed by atoms with Crippen LogP contribution in [0.4, 0.5) is 11.5 Å². The molecule has 0 atom stereocenters. The zero-order chi connectivity index (χ0) is 17.6. The SMILES string of the molecule is COc1ccc(Cl)c(NNC(=O)C2CCN(c3cnccn3)CC2)c1. The number of ether oxygens (including phenoxy) is 1. The van der Waals surface area contributed by atoms with E-state index in [0.717, 1.165) is 31.7 Å². The van der Waals surface area contributed by atoms with Crippen LogP contribution in [-0.4, -0.2) is 36.1 Å². The van der Waals surface area contributed by atoms with Gasteiger partial charge in [0.1, 0.15) is 11.6 Å². The van der Waals surface area contributed by atoms with Gasteiger partial charge >= 0.3 is 0 Å². The van der Waals surface area contributed by atoms with Gasteiger partial charge in [-0.2, -0.15) is 0 Å². The van der Waals surface area contributed by atoms with Crippen molar-refractivity contribution in [2.75, 3.05) is 30.5 Å². The lowest BCUT2D eigenvalue weighted by Gasteiger charge is -2.31. The molecule has 1 aromatic heterocycles. The number of carbonyl (C=O) groups is 1. The molecule has 0 aliphatic carbocycles. The Bertz CT molecular complexity index is 720. The number of amides is 1. The van der Waals surface area contributed by atoms with Gasteiger partial charge in [-0.15, -0.1) is 0 Å². The number of carbonyl (C=O) groups excluding carboxylic acids is 1. The molecule has 0 bridgehead atoms. The van der Waals surface area contributed by atoms with Gasteiger partial charge in [0.2, 0.25) is 5.91 Å². The molecule has 0 spiro atoms. The molecule has 132 valence electrons. The van der Waals surface area contributed by atoms with E-state index in [4.69, 9.17) is 16.3 Å². The molecule has 7 nitrogen and oxygen atoms in total. The van der Waals surface area contributed by atoms with E-state index in [9.17, 15) is 4.79 Å². The zero-order valence-electron chi connectivity index (χ0n) is 13.9. The summed E-state index contributed by atoms with van der Waals surface area (Å²) in [5, 5.41) is 0.513. The lowest BCUT2D eigenvalue weighted by molar-refractivity contribution is -0.125. The third-order valence-electron chi connectivity index (χ3n) is 4.23. The molecule has 0 radical (unpaired) electrons. The number of nitrogens with one attached hydrogen (secondary N) is 2. The summed E-state index contributed by atoms with van der Waals surface area (Å²) in [6.45, 7) is 1.55. The molecule has 25 heavy (non-hydrogen) atoms. The first kappa shape index (κ1) is 17.3. The Hall–Kier alpha value is -2.54. The van der Waals surface area contributed by atoms with Crippen LogP contribution in [0.25, 0.3) is 0 Å². The number of aromatic nitrogens is 2. The summed E-state index contributed by atoms with van der Waals surface area (Å²) in [5.74, 6) is 1.42. The predicted molar refractivity (Wildman–Crippen MR) is 96.7 cm³/mol. The Labute approximate surface area is 151 Å². The summed E-state index contributed by atoms with van der Waals surface area (Å²) in [6.07, 6.45) is 6.59. The van der Waals surface area contributed by atoms with Crippen molar-refractivity contribution in [3.8, 4) is 5.75 Å². The van der Waals surface area contributed by atoms with Crippen LogP contribution >= 0.6 is 11.6 Å². The number of benzene rings is 1. The normalized spacial score (nSPS) is 14.9. The summed E-state index contributed by atoms with van der Waals surface area (Å²) in [5.41, 5.74) is 6.22. The van der Waals surface area contributed by atoms with E-state index in [1.807, 2.05) is 0 Å². The number of piperidine rings is 1. The number of hydrazine groups is 1. The molecule has 1 aromatic carbocycles. The van der Waals surface area contributed by atoms with Gasteiger partial charge in [0, 0.05) is 37.5 Å². The summed E-state index contributed by atoms with van der Waals surface area (Å²) in [4.78, 5) is 22.9. The molecule has 1 saturated heterocycles. The first-order chi connectivity index (χ1) is 12.2. The molecule has 2 aromatic rings. The topological polar surface area (TPSA) is 79.4 Å². The van der Waals surface area contributed by atoms with Crippen LogP contribution in [0.2, 0.25) is 5.02 Å². The first-order valence-corrected chi connectivity index (χ1v) is 8.45. The van der Waals surface area contributed by atoms with Gasteiger partial charge in [0.25, 0.3) is 0 Å². The molecule has 1 aliphatic rings. The van der Waals surface area contributed by atoms with E-state index in [1.54, 1.807) is 43.9 Å². The summed E-state index contributed by atoms with van der Waals surface area (Å²) in [7, 11) is 1.58. The van der Waals surface area contributed by atoms with Crippen molar-refractivity contribution in [2.45, 2.75) is 12.8 Å². The second kappa shape index (κ2) is 8.02. The second-order valence-corrected chi connectivity index (χ2v) is 6.19. The number of hydrogen-bond donors (Lipinski definition) is 2. The molecule has 0 saturated carbocycles. The Morgan fingerprint density at radius 2 is 2.12 bits per heavy atom. The van der Waals surface area contributed by atoms with Crippen LogP contribution in [0, 0.1) is 5.92 Å². The van der Waals surface area contributed by atoms with Crippen LogP contribution in [0.3, 0.4) is 0 Å². The molecule has 1 fully saturated rings. The van der Waals surface area contributed by atoms with E-state index >= 15 is 0 Å². The number of rotatable bonds is 5. The van der Waals surface area contributed by atoms with Crippen LogP contribution in [0.5, 0.6) is 5.75 Å². The van der Waals surface area contributed by atoms with Gasteiger partial charge in [-0.25, -0.2) is 4.98 Å². The minimum atomic E-state index is -0.0511. The Morgan fingerprint density at radius 1 is 1.32 bits per heavy atom. The molecule has 2 heterocycles. The third kappa shape index (κ3) is 4.30. The fourth-order valence-corrected chi connectivity index (χ4v) is 2.95. The maximum absolute atomic E-state index is 12.4. The van der Waals surface area contributed by atoms with E-state index in [0.29, 0.717) is 16.5 Å². The van der Waals surface area contributed by atoms with Crippen LogP contribution < -0.4 is 20.5 Å². The maximum atomic E-state index is 12.4. The number of halogens is 1. The minimum Gasteiger partial charge on any atom is -0.497 e. The average Bonchev–Trinajstić information content (AvgIpc) is 2.68. The molecule has 2 N–H and O–H groups in total. The highest BCUT2D eigenvalue weighted by Crippen LogP contribution is 2.26. The quantitative estimate of drug-likeness (QED) is 0.796. The molecule has 8 heteroatoms. The average molecular weight is 362 g/mol. The summed E-state index contributed by atoms with van der Waals surface area (Å²) in [6, 6.07) is 5.21. The first-order valence-electron chi connectivity index (χ1n) is 8.07. The monoisotopic (exact) mass is 361 g/mol. The van der Waals surface area contributed by atoms with E-state index in [1.165, 1.54) is 0 Å². The van der Waals surface area contributed by atoms with E-state index < -0.39 is 0 Å². The van der Waals surface area contributed by atoms with Crippen molar-refractivity contribution in [1.82, 2.24) is 15.4 Å². The number of methoxy groups -OCH3 is 1. The third-order valence-corrected chi connectivity index (χ3v) is 4.56. The summed E-state index contributed by atoms with van der Waals surface area (Å²) >= 11 is 6.12. The van der Waals surface area contributed by atoms with Crippen molar-refractivity contribution in [2.24, 2.45) is 5.92 Å². The van der Waals surface area contributed by atoms with Gasteiger partial charge in [-0.3, -0.25) is 20.6 Å².